The van der Waals surface area contributed by atoms with E-state index in [9.17, 15) is 10.1 Å². The highest BCUT2D eigenvalue weighted by Gasteiger charge is 2.35. The second kappa shape index (κ2) is 8.41. The minimum atomic E-state index is -0.648. The largest absolute Gasteiger partial charge is 0.494 e. The van der Waals surface area contributed by atoms with Gasteiger partial charge in [-0.1, -0.05) is 18.2 Å². The standard InChI is InChI=1S/C22H26N4O3/c1-5-28-17-9-7-6-8-15(17)19-16(13-23)21(24)29-18-12-14(2)26(11-10-25(3)4)22(27)20(18)19/h6-9,12,19H,5,10-11,24H2,1-4H3/t19-/m0/s1. The molecule has 0 radical (unpaired) electrons. The second-order valence-electron chi connectivity index (χ2n) is 7.22. The van der Waals surface area contributed by atoms with Gasteiger partial charge in [0.15, 0.2) is 0 Å². The van der Waals surface area contributed by atoms with Crippen LogP contribution < -0.4 is 20.8 Å². The highest BCUT2D eigenvalue weighted by atomic mass is 16.5. The number of pyridine rings is 1. The van der Waals surface area contributed by atoms with Crippen molar-refractivity contribution in [1.29, 1.82) is 5.26 Å². The van der Waals surface area contributed by atoms with Crippen molar-refractivity contribution in [2.24, 2.45) is 5.73 Å². The van der Waals surface area contributed by atoms with Crippen LogP contribution in [0.1, 0.15) is 29.7 Å². The summed E-state index contributed by atoms with van der Waals surface area (Å²) in [5.74, 6) is 0.376. The van der Waals surface area contributed by atoms with E-state index in [1.54, 1.807) is 4.57 Å². The summed E-state index contributed by atoms with van der Waals surface area (Å²) < 4.78 is 13.2. The van der Waals surface area contributed by atoms with Gasteiger partial charge in [-0.2, -0.15) is 5.26 Å². The summed E-state index contributed by atoms with van der Waals surface area (Å²) in [5, 5.41) is 9.81. The number of likely N-dealkylation sites (N-methyl/N-ethyl adjacent to an activating group) is 1. The average Bonchev–Trinajstić information content (AvgIpc) is 2.67. The number of allylic oxidation sites excluding steroid dienone is 1. The molecule has 0 saturated heterocycles. The van der Waals surface area contributed by atoms with Gasteiger partial charge in [-0.25, -0.2) is 0 Å². The van der Waals surface area contributed by atoms with Crippen LogP contribution in [0.2, 0.25) is 0 Å². The molecule has 0 aliphatic carbocycles. The van der Waals surface area contributed by atoms with Gasteiger partial charge >= 0.3 is 0 Å². The van der Waals surface area contributed by atoms with E-state index in [2.05, 4.69) is 6.07 Å². The normalized spacial score (nSPS) is 15.7. The summed E-state index contributed by atoms with van der Waals surface area (Å²) in [6.45, 7) is 5.47. The number of fused-ring (bicyclic) bond motifs is 1. The Morgan fingerprint density at radius 3 is 2.72 bits per heavy atom. The molecule has 0 fully saturated rings. The van der Waals surface area contributed by atoms with Gasteiger partial charge in [-0.3, -0.25) is 4.79 Å². The molecular formula is C22H26N4O3. The van der Waals surface area contributed by atoms with E-state index in [4.69, 9.17) is 15.2 Å². The van der Waals surface area contributed by atoms with Crippen LogP contribution in [-0.2, 0) is 6.54 Å². The number of hydrogen-bond donors (Lipinski definition) is 1. The molecule has 2 aromatic rings. The van der Waals surface area contributed by atoms with E-state index >= 15 is 0 Å². The number of ether oxygens (including phenoxy) is 2. The van der Waals surface area contributed by atoms with Crippen LogP contribution >= 0.6 is 0 Å². The van der Waals surface area contributed by atoms with E-state index in [0.717, 1.165) is 11.3 Å². The summed E-state index contributed by atoms with van der Waals surface area (Å²) in [4.78, 5) is 15.5. The molecule has 7 nitrogen and oxygen atoms in total. The Hall–Kier alpha value is -3.24. The van der Waals surface area contributed by atoms with Gasteiger partial charge in [0.25, 0.3) is 5.56 Å². The van der Waals surface area contributed by atoms with E-state index < -0.39 is 5.92 Å². The summed E-state index contributed by atoms with van der Waals surface area (Å²) in [7, 11) is 3.92. The molecule has 0 spiro atoms. The molecule has 7 heteroatoms. The Morgan fingerprint density at radius 2 is 2.07 bits per heavy atom. The first-order valence-electron chi connectivity index (χ1n) is 9.57. The third kappa shape index (κ3) is 3.84. The molecular weight excluding hydrogens is 368 g/mol. The molecule has 1 atom stereocenters. The minimum Gasteiger partial charge on any atom is -0.494 e. The summed E-state index contributed by atoms with van der Waals surface area (Å²) in [6, 6.07) is 11.4. The van der Waals surface area contributed by atoms with Crippen molar-refractivity contribution in [2.45, 2.75) is 26.3 Å². The Labute approximate surface area is 170 Å². The predicted octanol–water partition coefficient (Wildman–Crippen LogP) is 2.34. The lowest BCUT2D eigenvalue weighted by molar-refractivity contribution is 0.334. The van der Waals surface area contributed by atoms with Crippen molar-refractivity contribution >= 4 is 0 Å². The number of nitriles is 1. The molecule has 1 aromatic heterocycles. The monoisotopic (exact) mass is 394 g/mol. The number of hydrogen-bond acceptors (Lipinski definition) is 6. The van der Waals surface area contributed by atoms with Gasteiger partial charge in [-0.05, 0) is 34.0 Å². The van der Waals surface area contributed by atoms with Crippen LogP contribution in [0.15, 0.2) is 46.6 Å². The molecule has 29 heavy (non-hydrogen) atoms. The van der Waals surface area contributed by atoms with Crippen LogP contribution in [0.4, 0.5) is 0 Å². The van der Waals surface area contributed by atoms with Crippen molar-refractivity contribution < 1.29 is 9.47 Å². The fourth-order valence-electron chi connectivity index (χ4n) is 3.58. The summed E-state index contributed by atoms with van der Waals surface area (Å²) in [5.41, 5.74) is 8.01. The Bertz CT molecular complexity index is 1050. The second-order valence-corrected chi connectivity index (χ2v) is 7.22. The van der Waals surface area contributed by atoms with Crippen molar-refractivity contribution in [3.63, 3.8) is 0 Å². The van der Waals surface area contributed by atoms with Gasteiger partial charge in [0.05, 0.1) is 18.1 Å². The fourth-order valence-corrected chi connectivity index (χ4v) is 3.58. The molecule has 152 valence electrons. The summed E-state index contributed by atoms with van der Waals surface area (Å²) >= 11 is 0. The zero-order chi connectivity index (χ0) is 21.1. The minimum absolute atomic E-state index is 0.0149. The summed E-state index contributed by atoms with van der Waals surface area (Å²) in [6.07, 6.45) is 0. The maximum Gasteiger partial charge on any atom is 0.258 e. The van der Waals surface area contributed by atoms with Crippen LogP contribution in [0.5, 0.6) is 11.5 Å². The predicted molar refractivity (Wildman–Crippen MR) is 111 cm³/mol. The van der Waals surface area contributed by atoms with Gasteiger partial charge in [0.2, 0.25) is 5.88 Å². The van der Waals surface area contributed by atoms with Gasteiger partial charge in [0, 0.05) is 30.4 Å². The van der Waals surface area contributed by atoms with E-state index in [-0.39, 0.29) is 17.0 Å². The maximum absolute atomic E-state index is 13.5. The average molecular weight is 394 g/mol. The van der Waals surface area contributed by atoms with Crippen LogP contribution in [0.3, 0.4) is 0 Å². The number of benzene rings is 1. The van der Waals surface area contributed by atoms with Gasteiger partial charge < -0.3 is 24.7 Å². The third-order valence-corrected chi connectivity index (χ3v) is 4.99. The molecule has 0 bridgehead atoms. The number of nitrogens with two attached hydrogens (primary N) is 1. The molecule has 0 saturated carbocycles. The third-order valence-electron chi connectivity index (χ3n) is 4.99. The zero-order valence-corrected chi connectivity index (χ0v) is 17.2. The van der Waals surface area contributed by atoms with Crippen LogP contribution in [0, 0.1) is 18.3 Å². The smallest absolute Gasteiger partial charge is 0.258 e. The molecule has 3 rings (SSSR count). The molecule has 2 N–H and O–H groups in total. The SMILES string of the molecule is CCOc1ccccc1[C@H]1C(C#N)=C(N)Oc2cc(C)n(CCN(C)C)c(=O)c21. The lowest BCUT2D eigenvalue weighted by atomic mass is 9.83. The molecule has 1 aliphatic rings. The van der Waals surface area contributed by atoms with E-state index in [0.29, 0.717) is 36.8 Å². The molecule has 2 heterocycles. The van der Waals surface area contributed by atoms with Crippen molar-refractivity contribution in [3.05, 3.63) is 69.0 Å². The molecule has 0 amide bonds. The van der Waals surface area contributed by atoms with Crippen LogP contribution in [0.25, 0.3) is 0 Å². The van der Waals surface area contributed by atoms with E-state index in [1.807, 2.05) is 63.2 Å². The number of para-hydroxylation sites is 1. The number of nitrogens with zero attached hydrogens (tertiary/aromatic N) is 3. The lowest BCUT2D eigenvalue weighted by Crippen LogP contribution is -2.34. The first-order chi connectivity index (χ1) is 13.9. The van der Waals surface area contributed by atoms with Gasteiger partial charge in [0.1, 0.15) is 23.1 Å². The quantitative estimate of drug-likeness (QED) is 0.808. The highest BCUT2D eigenvalue weighted by Crippen LogP contribution is 2.43. The number of rotatable bonds is 6. The fraction of sp³-hybridized carbons (Fsp3) is 0.364. The van der Waals surface area contributed by atoms with Gasteiger partial charge in [-0.15, -0.1) is 0 Å². The van der Waals surface area contributed by atoms with Crippen LogP contribution in [-0.4, -0.2) is 36.7 Å². The van der Waals surface area contributed by atoms with Crippen molar-refractivity contribution in [1.82, 2.24) is 9.47 Å². The first-order valence-corrected chi connectivity index (χ1v) is 9.57. The first kappa shape index (κ1) is 20.5. The van der Waals surface area contributed by atoms with E-state index in [1.165, 1.54) is 0 Å². The number of aromatic nitrogens is 1. The Kier molecular flexibility index (Phi) is 5.95. The molecule has 1 aromatic carbocycles. The zero-order valence-electron chi connectivity index (χ0n) is 17.2. The number of aryl methyl sites for hydroxylation is 1. The highest BCUT2D eigenvalue weighted by molar-refractivity contribution is 5.58. The Balaban J connectivity index is 2.26. The Morgan fingerprint density at radius 1 is 1.34 bits per heavy atom. The van der Waals surface area contributed by atoms with Crippen molar-refractivity contribution in [2.75, 3.05) is 27.2 Å². The molecule has 0 unspecified atom stereocenters. The van der Waals surface area contributed by atoms with Crippen molar-refractivity contribution in [3.8, 4) is 17.6 Å². The lowest BCUT2D eigenvalue weighted by Gasteiger charge is -2.28. The topological polar surface area (TPSA) is 93.5 Å². The molecule has 1 aliphatic heterocycles. The maximum atomic E-state index is 13.5.